The number of carbonyl (C=O) groups excluding carboxylic acids is 1. The third-order valence-electron chi connectivity index (χ3n) is 5.46. The highest BCUT2D eigenvalue weighted by Crippen LogP contribution is 2.39. The van der Waals surface area contributed by atoms with Gasteiger partial charge in [0.05, 0.1) is 21.9 Å². The minimum Gasteiger partial charge on any atom is -0.465 e. The maximum atomic E-state index is 11.7. The molecule has 0 atom stereocenters. The molecule has 0 unspecified atom stereocenters. The lowest BCUT2D eigenvalue weighted by Gasteiger charge is -2.15. The van der Waals surface area contributed by atoms with Gasteiger partial charge in [-0.25, -0.2) is 14.8 Å². The molecule has 0 bridgehead atoms. The van der Waals surface area contributed by atoms with E-state index in [1.165, 1.54) is 29.7 Å². The number of hydrazone groups is 1. The zero-order valence-corrected chi connectivity index (χ0v) is 25.1. The van der Waals surface area contributed by atoms with Gasteiger partial charge in [-0.15, -0.1) is 0 Å². The van der Waals surface area contributed by atoms with Crippen molar-refractivity contribution in [2.75, 3.05) is 12.0 Å². The maximum absolute atomic E-state index is 11.7. The Labute approximate surface area is 241 Å². The van der Waals surface area contributed by atoms with E-state index in [1.807, 2.05) is 10.8 Å². The van der Waals surface area contributed by atoms with Gasteiger partial charge in [0.15, 0.2) is 11.4 Å². The summed E-state index contributed by atoms with van der Waals surface area (Å²) in [6, 6.07) is 5.36. The van der Waals surface area contributed by atoms with Crippen molar-refractivity contribution in [3.63, 3.8) is 0 Å². The quantitative estimate of drug-likeness (QED) is 0.102. The van der Waals surface area contributed by atoms with Gasteiger partial charge in [-0.2, -0.15) is 10.4 Å². The summed E-state index contributed by atoms with van der Waals surface area (Å²) < 4.78 is 13.7. The summed E-state index contributed by atoms with van der Waals surface area (Å²) in [5.74, 6) is -0.743. The molecule has 1 aromatic carbocycles. The SMILES string of the molecule is CC(C)c1cn(COCC[Si](C)(C)C)c2ncc(Oc3c(Cl)cc(NN=C(C#N)C(=O)NC(=O)O)cc3Cl)nc12. The van der Waals surface area contributed by atoms with Crippen LogP contribution in [0.25, 0.3) is 11.2 Å². The van der Waals surface area contributed by atoms with Crippen LogP contribution in [0.2, 0.25) is 35.7 Å². The number of carbonyl (C=O) groups is 2. The molecule has 3 rings (SSSR count). The first-order chi connectivity index (χ1) is 18.8. The van der Waals surface area contributed by atoms with E-state index >= 15 is 0 Å². The average Bonchev–Trinajstić information content (AvgIpc) is 3.21. The van der Waals surface area contributed by atoms with Crippen molar-refractivity contribution in [2.24, 2.45) is 5.10 Å². The van der Waals surface area contributed by atoms with Crippen molar-refractivity contribution in [2.45, 2.75) is 52.2 Å². The molecule has 0 fully saturated rings. The number of imide groups is 1. The highest BCUT2D eigenvalue weighted by Gasteiger charge is 2.19. The largest absolute Gasteiger partial charge is 0.465 e. The summed E-state index contributed by atoms with van der Waals surface area (Å²) >= 11 is 12.8. The molecule has 0 spiro atoms. The van der Waals surface area contributed by atoms with Crippen LogP contribution in [0.4, 0.5) is 10.5 Å². The van der Waals surface area contributed by atoms with Crippen molar-refractivity contribution in [1.82, 2.24) is 19.9 Å². The van der Waals surface area contributed by atoms with Crippen LogP contribution in [0.3, 0.4) is 0 Å². The van der Waals surface area contributed by atoms with Gasteiger partial charge in [0.1, 0.15) is 18.3 Å². The number of halogens is 2. The second-order valence-electron chi connectivity index (χ2n) is 10.3. The summed E-state index contributed by atoms with van der Waals surface area (Å²) in [4.78, 5) is 31.5. The first kappa shape index (κ1) is 30.8. The average molecular weight is 607 g/mol. The number of aromatic nitrogens is 3. The topological polar surface area (TPSA) is 164 Å². The van der Waals surface area contributed by atoms with Crippen molar-refractivity contribution in [3.8, 4) is 17.7 Å². The van der Waals surface area contributed by atoms with E-state index in [-0.39, 0.29) is 33.3 Å². The normalized spacial score (nSPS) is 11.9. The second-order valence-corrected chi connectivity index (χ2v) is 16.7. The Bertz CT molecular complexity index is 1470. The van der Waals surface area contributed by atoms with Crippen molar-refractivity contribution >= 4 is 65.8 Å². The van der Waals surface area contributed by atoms with E-state index in [0.29, 0.717) is 24.5 Å². The summed E-state index contributed by atoms with van der Waals surface area (Å²) in [6.45, 7) is 12.1. The van der Waals surface area contributed by atoms with Gasteiger partial charge in [0, 0.05) is 26.4 Å². The number of nitrogens with zero attached hydrogens (tertiary/aromatic N) is 5. The van der Waals surface area contributed by atoms with E-state index in [2.05, 4.69) is 54.0 Å². The fraction of sp³-hybridized carbons (Fsp3) is 0.360. The van der Waals surface area contributed by atoms with Crippen LogP contribution in [0.15, 0.2) is 29.6 Å². The minimum absolute atomic E-state index is 0.0815. The number of amides is 2. The van der Waals surface area contributed by atoms with Crippen LogP contribution < -0.4 is 15.5 Å². The van der Waals surface area contributed by atoms with Gasteiger partial charge in [0.2, 0.25) is 11.6 Å². The Kier molecular flexibility index (Phi) is 10.1. The molecular weight excluding hydrogens is 577 g/mol. The summed E-state index contributed by atoms with van der Waals surface area (Å²) in [7, 11) is -1.20. The van der Waals surface area contributed by atoms with E-state index in [9.17, 15) is 9.59 Å². The van der Waals surface area contributed by atoms with Crippen LogP contribution >= 0.6 is 23.2 Å². The lowest BCUT2D eigenvalue weighted by molar-refractivity contribution is -0.114. The first-order valence-electron chi connectivity index (χ1n) is 12.2. The van der Waals surface area contributed by atoms with Crippen LogP contribution in [-0.2, 0) is 16.3 Å². The van der Waals surface area contributed by atoms with Gasteiger partial charge >= 0.3 is 6.09 Å². The number of hydrogen-bond acceptors (Lipinski definition) is 9. The number of carboxylic acid groups (broad SMARTS) is 1. The highest BCUT2D eigenvalue weighted by molar-refractivity contribution is 6.76. The van der Waals surface area contributed by atoms with Crippen molar-refractivity contribution in [3.05, 3.63) is 40.1 Å². The van der Waals surface area contributed by atoms with Crippen molar-refractivity contribution in [1.29, 1.82) is 5.26 Å². The monoisotopic (exact) mass is 605 g/mol. The fourth-order valence-corrected chi connectivity index (χ4v) is 4.72. The number of rotatable bonds is 11. The van der Waals surface area contributed by atoms with Crippen molar-refractivity contribution < 1.29 is 24.2 Å². The third kappa shape index (κ3) is 8.15. The summed E-state index contributed by atoms with van der Waals surface area (Å²) in [5, 5.41) is 23.0. The fourth-order valence-electron chi connectivity index (χ4n) is 3.40. The predicted molar refractivity (Wildman–Crippen MR) is 155 cm³/mol. The molecule has 2 amide bonds. The number of nitrogens with one attached hydrogen (secondary N) is 2. The molecule has 0 aliphatic rings. The predicted octanol–water partition coefficient (Wildman–Crippen LogP) is 6.05. The Balaban J connectivity index is 1.81. The zero-order valence-electron chi connectivity index (χ0n) is 22.6. The molecule has 0 aliphatic heterocycles. The number of benzene rings is 1. The maximum Gasteiger partial charge on any atom is 0.411 e. The number of hydrogen-bond donors (Lipinski definition) is 3. The lowest BCUT2D eigenvalue weighted by Crippen LogP contribution is -2.34. The number of anilines is 1. The van der Waals surface area contributed by atoms with Crippen LogP contribution in [-0.4, -0.2) is 52.0 Å². The second kappa shape index (κ2) is 13.1. The number of nitriles is 1. The molecule has 15 heteroatoms. The molecule has 0 aliphatic carbocycles. The molecule has 2 heterocycles. The van der Waals surface area contributed by atoms with Gasteiger partial charge in [-0.05, 0) is 24.1 Å². The molecule has 3 aromatic rings. The molecular formula is C25H29Cl2N7O5Si. The Morgan fingerprint density at radius 1 is 1.25 bits per heavy atom. The van der Waals surface area contributed by atoms with Gasteiger partial charge in [-0.1, -0.05) is 56.7 Å². The van der Waals surface area contributed by atoms with Gasteiger partial charge in [-0.3, -0.25) is 15.5 Å². The summed E-state index contributed by atoms with van der Waals surface area (Å²) in [5.41, 5.74) is 4.27. The van der Waals surface area contributed by atoms with E-state index in [0.717, 1.165) is 11.6 Å². The first-order valence-corrected chi connectivity index (χ1v) is 16.6. The highest BCUT2D eigenvalue weighted by atomic mass is 35.5. The third-order valence-corrected chi connectivity index (χ3v) is 7.73. The number of fused-ring (bicyclic) bond motifs is 1. The molecule has 0 saturated heterocycles. The van der Waals surface area contributed by atoms with E-state index < -0.39 is 25.8 Å². The van der Waals surface area contributed by atoms with Crippen LogP contribution in [0.5, 0.6) is 11.6 Å². The summed E-state index contributed by atoms with van der Waals surface area (Å²) in [6.07, 6.45) is 1.83. The molecule has 40 heavy (non-hydrogen) atoms. The molecule has 12 nitrogen and oxygen atoms in total. The Morgan fingerprint density at radius 3 is 2.50 bits per heavy atom. The molecule has 212 valence electrons. The van der Waals surface area contributed by atoms with Crippen LogP contribution in [0, 0.1) is 11.3 Å². The van der Waals surface area contributed by atoms with Gasteiger partial charge in [0.25, 0.3) is 5.91 Å². The Hall–Kier alpha value is -3.70. The van der Waals surface area contributed by atoms with E-state index in [1.54, 1.807) is 0 Å². The van der Waals surface area contributed by atoms with E-state index in [4.69, 9.17) is 43.0 Å². The lowest BCUT2D eigenvalue weighted by atomic mass is 10.1. The smallest absolute Gasteiger partial charge is 0.411 e. The molecule has 0 radical (unpaired) electrons. The Morgan fingerprint density at radius 2 is 1.93 bits per heavy atom. The molecule has 0 saturated carbocycles. The minimum atomic E-state index is -1.62. The van der Waals surface area contributed by atoms with Gasteiger partial charge < -0.3 is 19.1 Å². The molecule has 3 N–H and O–H groups in total. The van der Waals surface area contributed by atoms with Crippen LogP contribution in [0.1, 0.15) is 25.3 Å². The number of ether oxygens (including phenoxy) is 2. The zero-order chi connectivity index (χ0) is 29.6. The standard InChI is InChI=1S/C25H29Cl2N7O5Si/c1-14(2)16-12-34(13-38-6-7-40(3,4)5)23-21(16)30-20(11-29-23)39-22-17(26)8-15(9-18(22)27)32-33-19(10-28)24(35)31-25(36)37/h8-9,11-12,14,32H,6-7,13H2,1-5H3,(H,31,35)(H,36,37). The molecule has 2 aromatic heterocycles.